The van der Waals surface area contributed by atoms with Crippen LogP contribution in [0.1, 0.15) is 5.69 Å². The molecule has 0 aliphatic carbocycles. The van der Waals surface area contributed by atoms with Gasteiger partial charge >= 0.3 is 0 Å². The van der Waals surface area contributed by atoms with E-state index in [9.17, 15) is 4.39 Å². The predicted molar refractivity (Wildman–Crippen MR) is 55.3 cm³/mol. The Morgan fingerprint density at radius 3 is 2.67 bits per heavy atom. The van der Waals surface area contributed by atoms with Gasteiger partial charge in [0.1, 0.15) is 0 Å². The van der Waals surface area contributed by atoms with Crippen molar-refractivity contribution in [1.29, 1.82) is 0 Å². The van der Waals surface area contributed by atoms with Gasteiger partial charge in [0.15, 0.2) is 11.6 Å². The van der Waals surface area contributed by atoms with Gasteiger partial charge < -0.3 is 4.74 Å². The van der Waals surface area contributed by atoms with Gasteiger partial charge in [-0.25, -0.2) is 4.39 Å². The molecule has 78 valence electrons. The average Bonchev–Trinajstić information content (AvgIpc) is 2.65. The second kappa shape index (κ2) is 3.73. The normalized spacial score (nSPS) is 10.3. The smallest absolute Gasteiger partial charge is 0.165 e. The molecule has 0 amide bonds. The van der Waals surface area contributed by atoms with Crippen LogP contribution in [-0.2, 0) is 0 Å². The molecule has 1 heterocycles. The molecule has 2 aromatic rings. The molecule has 0 spiro atoms. The minimum atomic E-state index is -0.379. The number of H-pyrrole nitrogens is 1. The average molecular weight is 206 g/mol. The maximum atomic E-state index is 13.4. The summed E-state index contributed by atoms with van der Waals surface area (Å²) in [6.07, 6.45) is 0. The molecule has 0 unspecified atom stereocenters. The van der Waals surface area contributed by atoms with E-state index in [1.54, 1.807) is 12.1 Å². The van der Waals surface area contributed by atoms with Gasteiger partial charge in [-0.15, -0.1) is 0 Å². The first-order valence-electron chi connectivity index (χ1n) is 4.56. The molecule has 0 saturated heterocycles. The Morgan fingerprint density at radius 1 is 1.33 bits per heavy atom. The summed E-state index contributed by atoms with van der Waals surface area (Å²) in [5, 5.41) is 6.86. The van der Waals surface area contributed by atoms with Crippen molar-refractivity contribution in [2.24, 2.45) is 0 Å². The minimum Gasteiger partial charge on any atom is -0.494 e. The zero-order chi connectivity index (χ0) is 10.8. The van der Waals surface area contributed by atoms with Crippen LogP contribution in [0.5, 0.6) is 5.75 Å². The number of aromatic amines is 1. The van der Waals surface area contributed by atoms with Crippen LogP contribution in [0.2, 0.25) is 0 Å². The van der Waals surface area contributed by atoms with Gasteiger partial charge in [0.25, 0.3) is 0 Å². The Morgan fingerprint density at radius 2 is 2.13 bits per heavy atom. The molecule has 0 aliphatic rings. The molecule has 2 rings (SSSR count). The molecule has 1 aromatic carbocycles. The number of aromatic nitrogens is 2. The molecule has 1 N–H and O–H groups in total. The number of nitrogens with one attached hydrogen (secondary N) is 1. The predicted octanol–water partition coefficient (Wildman–Crippen LogP) is 2.53. The van der Waals surface area contributed by atoms with Crippen LogP contribution in [0.4, 0.5) is 4.39 Å². The van der Waals surface area contributed by atoms with E-state index in [0.29, 0.717) is 0 Å². The van der Waals surface area contributed by atoms with Gasteiger partial charge in [0.05, 0.1) is 12.8 Å². The zero-order valence-electron chi connectivity index (χ0n) is 8.54. The maximum Gasteiger partial charge on any atom is 0.165 e. The van der Waals surface area contributed by atoms with Gasteiger partial charge in [-0.1, -0.05) is 0 Å². The van der Waals surface area contributed by atoms with Crippen molar-refractivity contribution in [2.75, 3.05) is 7.11 Å². The lowest BCUT2D eigenvalue weighted by molar-refractivity contribution is 0.386. The number of benzene rings is 1. The molecule has 3 nitrogen and oxygen atoms in total. The Hall–Kier alpha value is -1.84. The second-order valence-corrected chi connectivity index (χ2v) is 3.29. The maximum absolute atomic E-state index is 13.4. The number of methoxy groups -OCH3 is 1. The van der Waals surface area contributed by atoms with E-state index >= 15 is 0 Å². The van der Waals surface area contributed by atoms with Crippen LogP contribution in [0.3, 0.4) is 0 Å². The fourth-order valence-electron chi connectivity index (χ4n) is 1.39. The van der Waals surface area contributed by atoms with E-state index in [2.05, 4.69) is 10.2 Å². The molecule has 4 heteroatoms. The number of hydrogen-bond donors (Lipinski definition) is 1. The first kappa shape index (κ1) is 9.71. The summed E-state index contributed by atoms with van der Waals surface area (Å²) >= 11 is 0. The van der Waals surface area contributed by atoms with Crippen molar-refractivity contribution in [3.63, 3.8) is 0 Å². The third kappa shape index (κ3) is 1.83. The Balaban J connectivity index is 2.42. The van der Waals surface area contributed by atoms with Gasteiger partial charge in [0.2, 0.25) is 0 Å². The van der Waals surface area contributed by atoms with Crippen molar-refractivity contribution < 1.29 is 9.13 Å². The zero-order valence-corrected chi connectivity index (χ0v) is 8.54. The highest BCUT2D eigenvalue weighted by Crippen LogP contribution is 2.24. The number of ether oxygens (including phenoxy) is 1. The Labute approximate surface area is 86.9 Å². The molecular formula is C11H11FN2O. The van der Waals surface area contributed by atoms with Crippen LogP contribution in [-0.4, -0.2) is 17.3 Å². The SMILES string of the molecule is COc1ccc(-c2cc(C)[nH]n2)cc1F. The summed E-state index contributed by atoms with van der Waals surface area (Å²) in [6.45, 7) is 1.90. The van der Waals surface area contributed by atoms with Crippen molar-refractivity contribution in [3.8, 4) is 17.0 Å². The van der Waals surface area contributed by atoms with Gasteiger partial charge in [-0.3, -0.25) is 5.10 Å². The molecular weight excluding hydrogens is 195 g/mol. The van der Waals surface area contributed by atoms with Crippen molar-refractivity contribution in [1.82, 2.24) is 10.2 Å². The second-order valence-electron chi connectivity index (χ2n) is 3.29. The molecule has 0 radical (unpaired) electrons. The van der Waals surface area contributed by atoms with E-state index < -0.39 is 0 Å². The van der Waals surface area contributed by atoms with Gasteiger partial charge in [0, 0.05) is 11.3 Å². The van der Waals surface area contributed by atoms with Crippen LogP contribution in [0.15, 0.2) is 24.3 Å². The Bertz CT molecular complexity index is 479. The third-order valence-corrected chi connectivity index (χ3v) is 2.15. The van der Waals surface area contributed by atoms with E-state index in [1.165, 1.54) is 13.2 Å². The highest BCUT2D eigenvalue weighted by atomic mass is 19.1. The summed E-state index contributed by atoms with van der Waals surface area (Å²) in [6, 6.07) is 6.64. The molecule has 0 fully saturated rings. The highest BCUT2D eigenvalue weighted by molar-refractivity contribution is 5.60. The molecule has 0 aliphatic heterocycles. The molecule has 0 saturated carbocycles. The number of hydrogen-bond acceptors (Lipinski definition) is 2. The van der Waals surface area contributed by atoms with Crippen molar-refractivity contribution in [2.45, 2.75) is 6.92 Å². The first-order chi connectivity index (χ1) is 7.20. The highest BCUT2D eigenvalue weighted by Gasteiger charge is 2.06. The fourth-order valence-corrected chi connectivity index (χ4v) is 1.39. The lowest BCUT2D eigenvalue weighted by atomic mass is 10.1. The van der Waals surface area contributed by atoms with Gasteiger partial charge in [-0.2, -0.15) is 5.10 Å². The van der Waals surface area contributed by atoms with E-state index in [4.69, 9.17) is 4.74 Å². The van der Waals surface area contributed by atoms with Crippen LogP contribution in [0, 0.1) is 12.7 Å². The molecule has 15 heavy (non-hydrogen) atoms. The van der Waals surface area contributed by atoms with Crippen molar-refractivity contribution >= 4 is 0 Å². The topological polar surface area (TPSA) is 37.9 Å². The standard InChI is InChI=1S/C11H11FN2O/c1-7-5-10(14-13-7)8-3-4-11(15-2)9(12)6-8/h3-6H,1-2H3,(H,13,14). The number of rotatable bonds is 2. The quantitative estimate of drug-likeness (QED) is 0.819. The summed E-state index contributed by atoms with van der Waals surface area (Å²) in [7, 11) is 1.44. The lowest BCUT2D eigenvalue weighted by Crippen LogP contribution is -1.88. The summed E-state index contributed by atoms with van der Waals surface area (Å²) in [4.78, 5) is 0. The van der Waals surface area contributed by atoms with Gasteiger partial charge in [-0.05, 0) is 31.2 Å². The molecule has 0 bridgehead atoms. The number of halogens is 1. The molecule has 0 atom stereocenters. The molecule has 1 aromatic heterocycles. The van der Waals surface area contributed by atoms with E-state index in [1.807, 2.05) is 13.0 Å². The largest absolute Gasteiger partial charge is 0.494 e. The van der Waals surface area contributed by atoms with E-state index in [-0.39, 0.29) is 11.6 Å². The Kier molecular flexibility index (Phi) is 2.41. The lowest BCUT2D eigenvalue weighted by Gasteiger charge is -2.02. The van der Waals surface area contributed by atoms with Crippen molar-refractivity contribution in [3.05, 3.63) is 35.8 Å². The summed E-state index contributed by atoms with van der Waals surface area (Å²) in [5.74, 6) is -0.137. The van der Waals surface area contributed by atoms with Crippen LogP contribution >= 0.6 is 0 Å². The number of aryl methyl sites for hydroxylation is 1. The monoisotopic (exact) mass is 206 g/mol. The fraction of sp³-hybridized carbons (Fsp3) is 0.182. The number of nitrogens with zero attached hydrogens (tertiary/aromatic N) is 1. The van der Waals surface area contributed by atoms with Crippen LogP contribution in [0.25, 0.3) is 11.3 Å². The van der Waals surface area contributed by atoms with Crippen LogP contribution < -0.4 is 4.74 Å². The summed E-state index contributed by atoms with van der Waals surface area (Å²) < 4.78 is 18.2. The van der Waals surface area contributed by atoms with E-state index in [0.717, 1.165) is 17.0 Å². The summed E-state index contributed by atoms with van der Waals surface area (Å²) in [5.41, 5.74) is 2.41. The third-order valence-electron chi connectivity index (χ3n) is 2.15. The first-order valence-corrected chi connectivity index (χ1v) is 4.56. The minimum absolute atomic E-state index is 0.242.